The molecule has 0 aromatic heterocycles. The third-order valence-corrected chi connectivity index (χ3v) is 2.63. The van der Waals surface area contributed by atoms with Gasteiger partial charge in [0.25, 0.3) is 0 Å². The molecule has 4 heteroatoms. The van der Waals surface area contributed by atoms with E-state index < -0.39 is 0 Å². The first kappa shape index (κ1) is 12.8. The zero-order chi connectivity index (χ0) is 12.1. The first-order valence-electron chi connectivity index (χ1n) is 5.21. The van der Waals surface area contributed by atoms with E-state index in [-0.39, 0.29) is 18.0 Å². The summed E-state index contributed by atoms with van der Waals surface area (Å²) >= 11 is 0. The van der Waals surface area contributed by atoms with Crippen LogP contribution in [0.25, 0.3) is 0 Å². The van der Waals surface area contributed by atoms with Crippen LogP contribution in [0.15, 0.2) is 18.2 Å². The number of hydrogen-bond acceptors (Lipinski definition) is 3. The van der Waals surface area contributed by atoms with Crippen molar-refractivity contribution in [2.24, 2.45) is 0 Å². The molecule has 1 aromatic rings. The van der Waals surface area contributed by atoms with Crippen LogP contribution in [0.2, 0.25) is 0 Å². The topological polar surface area (TPSA) is 30.5 Å². The molecular weight excluding hydrogens is 209 g/mol. The summed E-state index contributed by atoms with van der Waals surface area (Å²) in [6.45, 7) is 3.86. The van der Waals surface area contributed by atoms with Crippen molar-refractivity contribution in [3.63, 3.8) is 0 Å². The molecule has 0 bridgehead atoms. The van der Waals surface area contributed by atoms with Crippen molar-refractivity contribution in [2.75, 3.05) is 19.5 Å². The van der Waals surface area contributed by atoms with Crippen LogP contribution in [0.1, 0.15) is 13.8 Å². The maximum atomic E-state index is 13.5. The molecule has 2 unspecified atom stereocenters. The SMILES string of the molecule is COc1ccc(F)c(NC(C)C(C)OC)c1. The van der Waals surface area contributed by atoms with E-state index in [4.69, 9.17) is 9.47 Å². The van der Waals surface area contributed by atoms with Gasteiger partial charge in [-0.05, 0) is 26.0 Å². The van der Waals surface area contributed by atoms with Crippen LogP contribution in [-0.2, 0) is 4.74 Å². The minimum atomic E-state index is -0.295. The van der Waals surface area contributed by atoms with Gasteiger partial charge >= 0.3 is 0 Å². The van der Waals surface area contributed by atoms with E-state index in [0.717, 1.165) is 0 Å². The summed E-state index contributed by atoms with van der Waals surface area (Å²) in [7, 11) is 3.18. The molecule has 0 saturated carbocycles. The molecule has 0 radical (unpaired) electrons. The van der Waals surface area contributed by atoms with Crippen LogP contribution >= 0.6 is 0 Å². The number of hydrogen-bond donors (Lipinski definition) is 1. The predicted molar refractivity (Wildman–Crippen MR) is 62.5 cm³/mol. The fourth-order valence-corrected chi connectivity index (χ4v) is 1.31. The highest BCUT2D eigenvalue weighted by molar-refractivity contribution is 5.50. The lowest BCUT2D eigenvalue weighted by Crippen LogP contribution is -2.30. The van der Waals surface area contributed by atoms with Crippen LogP contribution in [0.5, 0.6) is 5.75 Å². The van der Waals surface area contributed by atoms with Crippen molar-refractivity contribution >= 4 is 5.69 Å². The van der Waals surface area contributed by atoms with E-state index in [0.29, 0.717) is 11.4 Å². The van der Waals surface area contributed by atoms with Crippen LogP contribution < -0.4 is 10.1 Å². The lowest BCUT2D eigenvalue weighted by Gasteiger charge is -2.21. The monoisotopic (exact) mass is 227 g/mol. The van der Waals surface area contributed by atoms with Crippen LogP contribution in [0, 0.1) is 5.82 Å². The Hall–Kier alpha value is -1.29. The van der Waals surface area contributed by atoms with Gasteiger partial charge < -0.3 is 14.8 Å². The average molecular weight is 227 g/mol. The Morgan fingerprint density at radius 1 is 1.25 bits per heavy atom. The number of methoxy groups -OCH3 is 2. The number of nitrogens with one attached hydrogen (secondary N) is 1. The van der Waals surface area contributed by atoms with Crippen molar-refractivity contribution in [2.45, 2.75) is 26.0 Å². The maximum absolute atomic E-state index is 13.5. The van der Waals surface area contributed by atoms with E-state index >= 15 is 0 Å². The van der Waals surface area contributed by atoms with Gasteiger partial charge in [0.15, 0.2) is 0 Å². The summed E-state index contributed by atoms with van der Waals surface area (Å²) in [4.78, 5) is 0. The number of halogens is 1. The summed E-state index contributed by atoms with van der Waals surface area (Å²) in [6.07, 6.45) is 0.00519. The molecule has 2 atom stereocenters. The summed E-state index contributed by atoms with van der Waals surface area (Å²) in [5, 5.41) is 3.06. The standard InChI is InChI=1S/C12H18FNO2/c1-8(9(2)15-3)14-12-7-10(16-4)5-6-11(12)13/h5-9,14H,1-4H3. The van der Waals surface area contributed by atoms with Crippen LogP contribution in [0.3, 0.4) is 0 Å². The highest BCUT2D eigenvalue weighted by Gasteiger charge is 2.13. The minimum absolute atomic E-state index is 0.00519. The molecule has 0 amide bonds. The second-order valence-corrected chi connectivity index (χ2v) is 3.72. The van der Waals surface area contributed by atoms with E-state index in [1.54, 1.807) is 26.4 Å². The Bertz CT molecular complexity index is 344. The molecule has 1 aromatic carbocycles. The highest BCUT2D eigenvalue weighted by atomic mass is 19.1. The maximum Gasteiger partial charge on any atom is 0.146 e. The highest BCUT2D eigenvalue weighted by Crippen LogP contribution is 2.22. The van der Waals surface area contributed by atoms with Gasteiger partial charge in [-0.15, -0.1) is 0 Å². The van der Waals surface area contributed by atoms with Crippen molar-refractivity contribution < 1.29 is 13.9 Å². The predicted octanol–water partition coefficient (Wildman–Crippen LogP) is 2.67. The summed E-state index contributed by atoms with van der Waals surface area (Å²) in [5.41, 5.74) is 0.427. The van der Waals surface area contributed by atoms with Gasteiger partial charge in [0.2, 0.25) is 0 Å². The quantitative estimate of drug-likeness (QED) is 0.838. The molecule has 0 aliphatic heterocycles. The van der Waals surface area contributed by atoms with E-state index in [1.165, 1.54) is 6.07 Å². The molecule has 3 nitrogen and oxygen atoms in total. The third kappa shape index (κ3) is 3.10. The van der Waals surface area contributed by atoms with Gasteiger partial charge in [-0.1, -0.05) is 0 Å². The first-order valence-corrected chi connectivity index (χ1v) is 5.21. The Kier molecular flexibility index (Phi) is 4.55. The number of benzene rings is 1. The number of rotatable bonds is 5. The van der Waals surface area contributed by atoms with Gasteiger partial charge in [-0.25, -0.2) is 4.39 Å². The van der Waals surface area contributed by atoms with Crippen LogP contribution in [-0.4, -0.2) is 26.4 Å². The Labute approximate surface area is 95.6 Å². The minimum Gasteiger partial charge on any atom is -0.497 e. The molecule has 0 spiro atoms. The van der Waals surface area contributed by atoms with Crippen LogP contribution in [0.4, 0.5) is 10.1 Å². The van der Waals surface area contributed by atoms with Gasteiger partial charge in [0, 0.05) is 19.2 Å². The zero-order valence-electron chi connectivity index (χ0n) is 10.1. The second-order valence-electron chi connectivity index (χ2n) is 3.72. The molecular formula is C12H18FNO2. The first-order chi connectivity index (χ1) is 7.58. The van der Waals surface area contributed by atoms with E-state index in [9.17, 15) is 4.39 Å². The molecule has 0 heterocycles. The lowest BCUT2D eigenvalue weighted by molar-refractivity contribution is 0.106. The Balaban J connectivity index is 2.79. The molecule has 1 rings (SSSR count). The van der Waals surface area contributed by atoms with Gasteiger partial charge in [0.1, 0.15) is 11.6 Å². The van der Waals surface area contributed by atoms with E-state index in [1.807, 2.05) is 13.8 Å². The molecule has 1 N–H and O–H groups in total. The summed E-state index contributed by atoms with van der Waals surface area (Å²) in [5.74, 6) is 0.331. The zero-order valence-corrected chi connectivity index (χ0v) is 10.1. The fraction of sp³-hybridized carbons (Fsp3) is 0.500. The third-order valence-electron chi connectivity index (χ3n) is 2.63. The number of ether oxygens (including phenoxy) is 2. The average Bonchev–Trinajstić information content (AvgIpc) is 2.30. The molecule has 16 heavy (non-hydrogen) atoms. The normalized spacial score (nSPS) is 14.3. The lowest BCUT2D eigenvalue weighted by atomic mass is 10.2. The van der Waals surface area contributed by atoms with E-state index in [2.05, 4.69) is 5.32 Å². The molecule has 0 fully saturated rings. The molecule has 90 valence electrons. The Morgan fingerprint density at radius 2 is 1.94 bits per heavy atom. The number of anilines is 1. The summed E-state index contributed by atoms with van der Waals surface area (Å²) < 4.78 is 23.7. The summed E-state index contributed by atoms with van der Waals surface area (Å²) in [6, 6.07) is 4.62. The van der Waals surface area contributed by atoms with Gasteiger partial charge in [-0.2, -0.15) is 0 Å². The largest absolute Gasteiger partial charge is 0.497 e. The van der Waals surface area contributed by atoms with Gasteiger partial charge in [-0.3, -0.25) is 0 Å². The van der Waals surface area contributed by atoms with Gasteiger partial charge in [0.05, 0.1) is 18.9 Å². The second kappa shape index (κ2) is 5.70. The Morgan fingerprint density at radius 3 is 2.50 bits per heavy atom. The van der Waals surface area contributed by atoms with Crippen molar-refractivity contribution in [3.05, 3.63) is 24.0 Å². The van der Waals surface area contributed by atoms with Crippen molar-refractivity contribution in [3.8, 4) is 5.75 Å². The fourth-order valence-electron chi connectivity index (χ4n) is 1.31. The van der Waals surface area contributed by atoms with Crippen molar-refractivity contribution in [1.82, 2.24) is 0 Å². The van der Waals surface area contributed by atoms with Crippen molar-refractivity contribution in [1.29, 1.82) is 0 Å². The molecule has 0 aliphatic rings. The smallest absolute Gasteiger partial charge is 0.146 e. The molecule has 0 aliphatic carbocycles. The molecule has 0 saturated heterocycles.